The first-order chi connectivity index (χ1) is 15.6. The monoisotopic (exact) mass is 466 g/mol. The zero-order valence-corrected chi connectivity index (χ0v) is 18.6. The Morgan fingerprint density at radius 2 is 1.91 bits per heavy atom. The summed E-state index contributed by atoms with van der Waals surface area (Å²) >= 11 is 2.86. The third-order valence-corrected chi connectivity index (χ3v) is 7.67. The molecule has 1 aromatic carbocycles. The summed E-state index contributed by atoms with van der Waals surface area (Å²) in [5.41, 5.74) is 2.64. The fourth-order valence-corrected chi connectivity index (χ4v) is 5.77. The van der Waals surface area contributed by atoms with E-state index in [1.807, 2.05) is 11.0 Å². The van der Waals surface area contributed by atoms with Crippen molar-refractivity contribution in [3.63, 3.8) is 0 Å². The quantitative estimate of drug-likeness (QED) is 0.245. The van der Waals surface area contributed by atoms with E-state index in [9.17, 15) is 14.0 Å². The summed E-state index contributed by atoms with van der Waals surface area (Å²) in [7, 11) is 0. The van der Waals surface area contributed by atoms with E-state index in [1.54, 1.807) is 24.4 Å². The summed E-state index contributed by atoms with van der Waals surface area (Å²) in [5, 5.41) is 0.727. The van der Waals surface area contributed by atoms with Crippen LogP contribution < -0.4 is 0 Å². The second-order valence-corrected chi connectivity index (χ2v) is 9.54. The minimum absolute atomic E-state index is 0.0568. The molecular weight excluding hydrogens is 447 g/mol. The molecule has 32 heavy (non-hydrogen) atoms. The Hall–Kier alpha value is -3.04. The third kappa shape index (κ3) is 4.18. The van der Waals surface area contributed by atoms with E-state index in [-0.39, 0.29) is 23.3 Å². The molecule has 0 spiro atoms. The topological polar surface area (TPSA) is 79.0 Å². The van der Waals surface area contributed by atoms with Crippen molar-refractivity contribution in [2.45, 2.75) is 17.9 Å². The Morgan fingerprint density at radius 1 is 1.12 bits per heavy atom. The lowest BCUT2D eigenvalue weighted by atomic mass is 10.2. The normalized spacial score (nSPS) is 13.7. The molecule has 5 rings (SSSR count). The molecular formula is C23H19FN4O2S2. The number of aromatic amines is 1. The second kappa shape index (κ2) is 8.84. The van der Waals surface area contributed by atoms with Gasteiger partial charge in [0.2, 0.25) is 0 Å². The highest BCUT2D eigenvalue weighted by atomic mass is 32.2. The lowest BCUT2D eigenvalue weighted by Gasteiger charge is -2.13. The van der Waals surface area contributed by atoms with Crippen molar-refractivity contribution in [3.8, 4) is 10.4 Å². The molecule has 6 nitrogen and oxygen atoms in total. The van der Waals surface area contributed by atoms with Crippen molar-refractivity contribution < 1.29 is 14.0 Å². The molecule has 0 saturated carbocycles. The van der Waals surface area contributed by atoms with Crippen molar-refractivity contribution in [1.29, 1.82) is 0 Å². The summed E-state index contributed by atoms with van der Waals surface area (Å²) in [4.78, 5) is 39.6. The number of aromatic nitrogens is 3. The van der Waals surface area contributed by atoms with E-state index in [4.69, 9.17) is 0 Å². The first-order valence-electron chi connectivity index (χ1n) is 10.2. The van der Waals surface area contributed by atoms with Gasteiger partial charge >= 0.3 is 0 Å². The highest BCUT2D eigenvalue weighted by Crippen LogP contribution is 2.37. The van der Waals surface area contributed by atoms with E-state index in [1.165, 1.54) is 41.6 Å². The summed E-state index contributed by atoms with van der Waals surface area (Å²) in [6.45, 7) is 1.53. The van der Waals surface area contributed by atoms with E-state index in [2.05, 4.69) is 15.0 Å². The van der Waals surface area contributed by atoms with Gasteiger partial charge in [-0.3, -0.25) is 9.59 Å². The number of thioether (sulfide) groups is 1. The van der Waals surface area contributed by atoms with Crippen LogP contribution >= 0.6 is 23.1 Å². The maximum atomic E-state index is 13.2. The van der Waals surface area contributed by atoms with Crippen molar-refractivity contribution in [2.75, 3.05) is 18.8 Å². The fraction of sp³-hybridized carbons (Fsp3) is 0.217. The first-order valence-corrected chi connectivity index (χ1v) is 12.0. The van der Waals surface area contributed by atoms with Gasteiger partial charge in [-0.2, -0.15) is 0 Å². The van der Waals surface area contributed by atoms with Crippen LogP contribution in [-0.2, 0) is 0 Å². The largest absolute Gasteiger partial charge is 0.356 e. The first kappa shape index (κ1) is 20.8. The molecule has 4 heterocycles. The molecule has 0 aliphatic carbocycles. The van der Waals surface area contributed by atoms with Crippen LogP contribution in [0.2, 0.25) is 0 Å². The number of amides is 1. The number of halogens is 1. The number of rotatable bonds is 6. The molecule has 1 aliphatic rings. The molecule has 1 N–H and O–H groups in total. The van der Waals surface area contributed by atoms with Crippen molar-refractivity contribution >= 4 is 45.0 Å². The predicted molar refractivity (Wildman–Crippen MR) is 124 cm³/mol. The molecule has 9 heteroatoms. The average molecular weight is 467 g/mol. The van der Waals surface area contributed by atoms with Gasteiger partial charge in [-0.15, -0.1) is 11.3 Å². The predicted octanol–water partition coefficient (Wildman–Crippen LogP) is 5.04. The Morgan fingerprint density at radius 3 is 2.69 bits per heavy atom. The minimum Gasteiger partial charge on any atom is -0.356 e. The van der Waals surface area contributed by atoms with Gasteiger partial charge in [-0.25, -0.2) is 14.4 Å². The number of hydrogen-bond acceptors (Lipinski definition) is 6. The number of nitrogens with zero attached hydrogens (tertiary/aromatic N) is 3. The number of carbonyl (C=O) groups is 2. The van der Waals surface area contributed by atoms with Gasteiger partial charge in [0.25, 0.3) is 5.91 Å². The lowest BCUT2D eigenvalue weighted by molar-refractivity contribution is 0.0787. The Labute approximate surface area is 191 Å². The number of H-pyrrole nitrogens is 1. The van der Waals surface area contributed by atoms with Crippen molar-refractivity contribution in [3.05, 3.63) is 66.0 Å². The maximum Gasteiger partial charge on any atom is 0.270 e. The number of carbonyl (C=O) groups excluding carboxylic acids is 2. The van der Waals surface area contributed by atoms with Crippen molar-refractivity contribution in [1.82, 2.24) is 19.9 Å². The zero-order chi connectivity index (χ0) is 22.1. The van der Waals surface area contributed by atoms with Gasteiger partial charge in [-0.05, 0) is 42.7 Å². The van der Waals surface area contributed by atoms with Crippen LogP contribution in [0.1, 0.15) is 33.7 Å². The summed E-state index contributed by atoms with van der Waals surface area (Å²) in [5.74, 6) is -0.211. The second-order valence-electron chi connectivity index (χ2n) is 7.52. The van der Waals surface area contributed by atoms with E-state index < -0.39 is 0 Å². The van der Waals surface area contributed by atoms with Gasteiger partial charge in [0, 0.05) is 29.7 Å². The number of hydrogen-bond donors (Lipinski definition) is 1. The van der Waals surface area contributed by atoms with Gasteiger partial charge < -0.3 is 9.88 Å². The molecule has 3 aromatic heterocycles. The van der Waals surface area contributed by atoms with E-state index in [0.717, 1.165) is 51.6 Å². The molecule has 0 atom stereocenters. The van der Waals surface area contributed by atoms with Crippen LogP contribution in [0.3, 0.4) is 0 Å². The van der Waals surface area contributed by atoms with E-state index in [0.29, 0.717) is 11.3 Å². The fourth-order valence-electron chi connectivity index (χ4n) is 3.68. The number of Topliss-reactive ketones (excluding diaryl/α,β-unsaturated/α-hetero) is 1. The van der Waals surface area contributed by atoms with E-state index >= 15 is 0 Å². The molecule has 1 saturated heterocycles. The molecule has 1 fully saturated rings. The van der Waals surface area contributed by atoms with Crippen molar-refractivity contribution in [2.24, 2.45) is 0 Å². The Kier molecular flexibility index (Phi) is 5.75. The number of likely N-dealkylation sites (tertiary alicyclic amines) is 1. The molecule has 0 radical (unpaired) electrons. The standard InChI is InChI=1S/C23H19FN4O2S2/c24-16-5-3-14(4-6-16)20-10-17-21(32-20)22(27-13-26-17)31-12-19(29)15-9-18(25-11-15)23(30)28-7-1-2-8-28/h3-6,9-11,13,25H,1-2,7-8,12H2. The van der Waals surface area contributed by atoms with Crippen LogP contribution in [0.5, 0.6) is 0 Å². The van der Waals surface area contributed by atoms with Gasteiger partial charge in [0.1, 0.15) is 22.9 Å². The lowest BCUT2D eigenvalue weighted by Crippen LogP contribution is -2.27. The number of ketones is 1. The van der Waals surface area contributed by atoms with Gasteiger partial charge in [0.05, 0.1) is 16.0 Å². The highest BCUT2D eigenvalue weighted by molar-refractivity contribution is 8.00. The Bertz CT molecular complexity index is 1290. The number of fused-ring (bicyclic) bond motifs is 1. The summed E-state index contributed by atoms with van der Waals surface area (Å²) < 4.78 is 14.1. The maximum absolute atomic E-state index is 13.2. The Balaban J connectivity index is 1.30. The van der Waals surface area contributed by atoms with Crippen LogP contribution in [0.15, 0.2) is 53.9 Å². The average Bonchev–Trinajstić information content (AvgIpc) is 3.57. The number of thiophene rings is 1. The van der Waals surface area contributed by atoms with Gasteiger partial charge in [0.15, 0.2) is 5.78 Å². The molecule has 162 valence electrons. The van der Waals surface area contributed by atoms with Gasteiger partial charge in [-0.1, -0.05) is 23.9 Å². The molecule has 0 bridgehead atoms. The summed E-state index contributed by atoms with van der Waals surface area (Å²) in [6, 6.07) is 9.91. The van der Waals surface area contributed by atoms with Crippen LogP contribution in [0.25, 0.3) is 20.7 Å². The van der Waals surface area contributed by atoms with Crippen LogP contribution in [-0.4, -0.2) is 50.4 Å². The smallest absolute Gasteiger partial charge is 0.270 e. The molecule has 4 aromatic rings. The number of nitrogens with one attached hydrogen (secondary N) is 1. The third-order valence-electron chi connectivity index (χ3n) is 5.38. The number of benzene rings is 1. The minimum atomic E-state index is -0.278. The van der Waals surface area contributed by atoms with Crippen LogP contribution in [0, 0.1) is 5.82 Å². The highest BCUT2D eigenvalue weighted by Gasteiger charge is 2.22. The molecule has 0 unspecified atom stereocenters. The molecule has 1 aliphatic heterocycles. The van der Waals surface area contributed by atoms with Crippen LogP contribution in [0.4, 0.5) is 4.39 Å². The summed E-state index contributed by atoms with van der Waals surface area (Å²) in [6.07, 6.45) is 5.13. The molecule has 1 amide bonds. The SMILES string of the molecule is O=C(CSc1ncnc2cc(-c3ccc(F)cc3)sc12)c1c[nH]c(C(=O)N2CCCC2)c1. The zero-order valence-electron chi connectivity index (χ0n) is 17.0.